The van der Waals surface area contributed by atoms with Gasteiger partial charge in [0.05, 0.1) is 0 Å². The predicted molar refractivity (Wildman–Crippen MR) is 89.6 cm³/mol. The molecule has 0 aliphatic carbocycles. The number of nitrogens with two attached hydrogens (primary N) is 1. The molecule has 0 saturated carbocycles. The molecule has 1 fully saturated rings. The molecule has 1 saturated heterocycles. The van der Waals surface area contributed by atoms with E-state index in [-0.39, 0.29) is 12.5 Å². The van der Waals surface area contributed by atoms with Crippen LogP contribution in [0.3, 0.4) is 0 Å². The monoisotopic (exact) mass is 319 g/mol. The lowest BCUT2D eigenvalue weighted by atomic mass is 10.1. The van der Waals surface area contributed by atoms with Gasteiger partial charge in [-0.1, -0.05) is 18.6 Å². The topological polar surface area (TPSA) is 86.9 Å². The molecule has 0 bridgehead atoms. The second-order valence-electron chi connectivity index (χ2n) is 5.83. The van der Waals surface area contributed by atoms with Crippen LogP contribution in [0.5, 0.6) is 0 Å². The number of nitrogens with zero attached hydrogens (tertiary/aromatic N) is 2. The average molecular weight is 319 g/mol. The number of unbranched alkanes of at least 4 members (excludes halogenated alkanes) is 2. The number of urea groups is 1. The van der Waals surface area contributed by atoms with Crippen LogP contribution in [-0.4, -0.2) is 48.2 Å². The molecule has 6 nitrogen and oxygen atoms in total. The number of carboxylic acids is 1. The number of benzene rings is 1. The second-order valence-corrected chi connectivity index (χ2v) is 5.83. The third-order valence-corrected chi connectivity index (χ3v) is 4.10. The lowest BCUT2D eigenvalue weighted by Gasteiger charge is -2.19. The van der Waals surface area contributed by atoms with E-state index in [0.717, 1.165) is 43.6 Å². The van der Waals surface area contributed by atoms with E-state index in [1.807, 2.05) is 29.2 Å². The molecule has 3 N–H and O–H groups in total. The minimum absolute atomic E-state index is 0.0519. The molecule has 1 aliphatic rings. The molecule has 2 amide bonds. The van der Waals surface area contributed by atoms with Gasteiger partial charge < -0.3 is 15.7 Å². The number of aryl methyl sites for hydroxylation is 1. The van der Waals surface area contributed by atoms with Crippen molar-refractivity contribution in [1.29, 1.82) is 0 Å². The van der Waals surface area contributed by atoms with Crippen molar-refractivity contribution in [2.45, 2.75) is 32.1 Å². The maximum Gasteiger partial charge on any atom is 0.324 e. The molecule has 1 heterocycles. The van der Waals surface area contributed by atoms with Crippen LogP contribution >= 0.6 is 0 Å². The Morgan fingerprint density at radius 2 is 1.87 bits per heavy atom. The van der Waals surface area contributed by atoms with E-state index < -0.39 is 5.97 Å². The fraction of sp³-hybridized carbons (Fsp3) is 0.529. The van der Waals surface area contributed by atoms with Gasteiger partial charge in [-0.3, -0.25) is 9.69 Å². The maximum absolute atomic E-state index is 12.4. The number of carboxylic acid groups (broad SMARTS) is 1. The molecule has 0 radical (unpaired) electrons. The molecule has 126 valence electrons. The summed E-state index contributed by atoms with van der Waals surface area (Å²) in [4.78, 5) is 26.7. The fourth-order valence-corrected chi connectivity index (χ4v) is 2.75. The van der Waals surface area contributed by atoms with Crippen molar-refractivity contribution in [3.05, 3.63) is 29.8 Å². The van der Waals surface area contributed by atoms with Crippen molar-refractivity contribution >= 4 is 17.7 Å². The van der Waals surface area contributed by atoms with E-state index in [1.54, 1.807) is 4.90 Å². The van der Waals surface area contributed by atoms with Crippen LogP contribution in [0.1, 0.15) is 31.2 Å². The summed E-state index contributed by atoms with van der Waals surface area (Å²) >= 11 is 0. The number of hydrogen-bond acceptors (Lipinski definition) is 3. The van der Waals surface area contributed by atoms with Gasteiger partial charge in [-0.15, -0.1) is 0 Å². The summed E-state index contributed by atoms with van der Waals surface area (Å²) in [5, 5.41) is 8.71. The van der Waals surface area contributed by atoms with Crippen molar-refractivity contribution in [1.82, 2.24) is 4.90 Å². The van der Waals surface area contributed by atoms with Crippen molar-refractivity contribution in [3.8, 4) is 0 Å². The van der Waals surface area contributed by atoms with Crippen LogP contribution in [0.15, 0.2) is 24.3 Å². The molecule has 1 aromatic carbocycles. The van der Waals surface area contributed by atoms with E-state index in [1.165, 1.54) is 0 Å². The Morgan fingerprint density at radius 3 is 2.52 bits per heavy atom. The Balaban J connectivity index is 1.87. The van der Waals surface area contributed by atoms with Gasteiger partial charge in [0.25, 0.3) is 0 Å². The van der Waals surface area contributed by atoms with Gasteiger partial charge >= 0.3 is 12.0 Å². The lowest BCUT2D eigenvalue weighted by Crippen LogP contribution is -2.32. The van der Waals surface area contributed by atoms with Gasteiger partial charge in [0.1, 0.15) is 0 Å². The highest BCUT2D eigenvalue weighted by molar-refractivity contribution is 5.94. The van der Waals surface area contributed by atoms with Crippen molar-refractivity contribution in [2.24, 2.45) is 5.73 Å². The van der Waals surface area contributed by atoms with Crippen LogP contribution in [0.2, 0.25) is 0 Å². The number of amides is 2. The summed E-state index contributed by atoms with van der Waals surface area (Å²) < 4.78 is 0. The zero-order valence-electron chi connectivity index (χ0n) is 13.4. The van der Waals surface area contributed by atoms with E-state index in [9.17, 15) is 9.59 Å². The average Bonchev–Trinajstić information content (AvgIpc) is 2.91. The van der Waals surface area contributed by atoms with Crippen LogP contribution < -0.4 is 10.6 Å². The Hall–Kier alpha value is -2.08. The van der Waals surface area contributed by atoms with Gasteiger partial charge in [-0.25, -0.2) is 4.79 Å². The highest BCUT2D eigenvalue weighted by Crippen LogP contribution is 2.21. The first-order chi connectivity index (χ1) is 11.1. The summed E-state index contributed by atoms with van der Waals surface area (Å²) in [6.45, 7) is 2.94. The number of carbonyl (C=O) groups excluding carboxylic acids is 1. The van der Waals surface area contributed by atoms with Crippen LogP contribution in [0.4, 0.5) is 10.5 Å². The predicted octanol–water partition coefficient (Wildman–Crippen LogP) is 2.07. The highest BCUT2D eigenvalue weighted by atomic mass is 16.4. The molecule has 6 heteroatoms. The summed E-state index contributed by atoms with van der Waals surface area (Å²) in [6.07, 6.45) is 3.68. The summed E-state index contributed by atoms with van der Waals surface area (Å²) in [5.74, 6) is -0.797. The van der Waals surface area contributed by atoms with Gasteiger partial charge in [0, 0.05) is 31.7 Å². The number of anilines is 1. The van der Waals surface area contributed by atoms with E-state index in [2.05, 4.69) is 0 Å². The van der Waals surface area contributed by atoms with Crippen molar-refractivity contribution in [2.75, 3.05) is 31.1 Å². The molecule has 0 atom stereocenters. The minimum atomic E-state index is -0.797. The minimum Gasteiger partial charge on any atom is -0.481 e. The van der Waals surface area contributed by atoms with Crippen LogP contribution in [0.25, 0.3) is 0 Å². The highest BCUT2D eigenvalue weighted by Gasteiger charge is 2.28. The maximum atomic E-state index is 12.4. The molecule has 1 aromatic rings. The number of carbonyl (C=O) groups is 2. The molecule has 23 heavy (non-hydrogen) atoms. The third kappa shape index (κ3) is 4.96. The zero-order valence-corrected chi connectivity index (χ0v) is 13.4. The summed E-state index contributed by atoms with van der Waals surface area (Å²) in [6, 6.07) is 7.64. The molecular weight excluding hydrogens is 294 g/mol. The van der Waals surface area contributed by atoms with Gasteiger partial charge in [-0.2, -0.15) is 0 Å². The zero-order chi connectivity index (χ0) is 16.7. The van der Waals surface area contributed by atoms with Gasteiger partial charge in [-0.05, 0) is 43.5 Å². The number of rotatable bonds is 9. The SMILES string of the molecule is NCCCCCN1CCN(c2ccc(CCC(=O)O)cc2)C1=O. The first-order valence-corrected chi connectivity index (χ1v) is 8.19. The molecule has 1 aliphatic heterocycles. The fourth-order valence-electron chi connectivity index (χ4n) is 2.75. The number of hydrogen-bond donors (Lipinski definition) is 2. The summed E-state index contributed by atoms with van der Waals surface area (Å²) in [5.41, 5.74) is 7.32. The Morgan fingerprint density at radius 1 is 1.13 bits per heavy atom. The molecular formula is C17H25N3O3. The van der Waals surface area contributed by atoms with Gasteiger partial charge in [0.2, 0.25) is 0 Å². The Bertz CT molecular complexity index is 530. The Kier molecular flexibility index (Phi) is 6.40. The smallest absolute Gasteiger partial charge is 0.324 e. The second kappa shape index (κ2) is 8.53. The lowest BCUT2D eigenvalue weighted by molar-refractivity contribution is -0.136. The molecule has 2 rings (SSSR count). The quantitative estimate of drug-likeness (QED) is 0.682. The standard InChI is InChI=1S/C17H25N3O3/c18-10-2-1-3-11-19-12-13-20(17(19)23)15-7-4-14(5-8-15)6-9-16(21)22/h4-5,7-8H,1-3,6,9-13,18H2,(H,21,22). The molecule has 0 spiro atoms. The van der Waals surface area contributed by atoms with Gasteiger partial charge in [0.15, 0.2) is 0 Å². The normalized spacial score (nSPS) is 14.6. The van der Waals surface area contributed by atoms with E-state index in [0.29, 0.717) is 19.5 Å². The first-order valence-electron chi connectivity index (χ1n) is 8.19. The molecule has 0 aromatic heterocycles. The summed E-state index contributed by atoms with van der Waals surface area (Å²) in [7, 11) is 0. The van der Waals surface area contributed by atoms with Crippen LogP contribution in [-0.2, 0) is 11.2 Å². The van der Waals surface area contributed by atoms with Crippen molar-refractivity contribution < 1.29 is 14.7 Å². The van der Waals surface area contributed by atoms with Crippen molar-refractivity contribution in [3.63, 3.8) is 0 Å². The largest absolute Gasteiger partial charge is 0.481 e. The Labute approximate surface area is 136 Å². The first kappa shape index (κ1) is 17.3. The number of aliphatic carboxylic acids is 1. The molecule has 0 unspecified atom stereocenters. The van der Waals surface area contributed by atoms with E-state index in [4.69, 9.17) is 10.8 Å². The third-order valence-electron chi connectivity index (χ3n) is 4.10. The van der Waals surface area contributed by atoms with E-state index >= 15 is 0 Å². The van der Waals surface area contributed by atoms with Crippen LogP contribution in [0, 0.1) is 0 Å².